The van der Waals surface area contributed by atoms with Gasteiger partial charge in [-0.15, -0.1) is 0 Å². The van der Waals surface area contributed by atoms with Crippen LogP contribution in [0.4, 0.5) is 0 Å². The van der Waals surface area contributed by atoms with Crippen LogP contribution < -0.4 is 18.9 Å². The Hall–Kier alpha value is -6.54. The Labute approximate surface area is 343 Å². The second kappa shape index (κ2) is 24.3. The minimum Gasteiger partial charge on any atom is -0.489 e. The molecule has 314 valence electrons. The Balaban J connectivity index is 1.59. The molecule has 1 unspecified atom stereocenters. The molecular formula is C45H50O14. The molecule has 3 rings (SSSR count). The molecule has 0 spiro atoms. The van der Waals surface area contributed by atoms with Crippen LogP contribution in [0, 0.1) is 27.7 Å². The molecule has 59 heavy (non-hydrogen) atoms. The highest BCUT2D eigenvalue weighted by molar-refractivity contribution is 5.93. The van der Waals surface area contributed by atoms with Crippen LogP contribution in [-0.4, -0.2) is 75.0 Å². The smallest absolute Gasteiger partial charge is 0.343 e. The van der Waals surface area contributed by atoms with Crippen LogP contribution >= 0.6 is 0 Å². The lowest BCUT2D eigenvalue weighted by atomic mass is 10.1. The van der Waals surface area contributed by atoms with Crippen molar-refractivity contribution >= 4 is 35.6 Å². The van der Waals surface area contributed by atoms with E-state index in [0.29, 0.717) is 59.6 Å². The first kappa shape index (κ1) is 46.8. The Morgan fingerprint density at radius 3 is 1.66 bits per heavy atom. The molecule has 3 aromatic carbocycles. The molecule has 3 aromatic rings. The van der Waals surface area contributed by atoms with Crippen molar-refractivity contribution in [2.24, 2.45) is 0 Å². The first-order valence-corrected chi connectivity index (χ1v) is 18.8. The predicted molar refractivity (Wildman–Crippen MR) is 216 cm³/mol. The predicted octanol–water partition coefficient (Wildman–Crippen LogP) is 7.17. The van der Waals surface area contributed by atoms with Crippen LogP contribution in [0.2, 0.25) is 0 Å². The number of allylic oxidation sites excluding steroid dienone is 1. The van der Waals surface area contributed by atoms with Gasteiger partial charge in [0.1, 0.15) is 29.6 Å². The van der Waals surface area contributed by atoms with Gasteiger partial charge in [-0.05, 0) is 124 Å². The third-order valence-electron chi connectivity index (χ3n) is 8.65. The minimum atomic E-state index is -0.778. The van der Waals surface area contributed by atoms with Gasteiger partial charge in [0.15, 0.2) is 11.9 Å². The Kier molecular flexibility index (Phi) is 19.3. The second-order valence-electron chi connectivity index (χ2n) is 13.1. The number of benzene rings is 3. The topological polar surface area (TPSA) is 176 Å². The number of ether oxygens (including phenoxy) is 8. The average molecular weight is 815 g/mol. The third-order valence-corrected chi connectivity index (χ3v) is 8.65. The molecule has 0 radical (unpaired) electrons. The molecule has 0 bridgehead atoms. The van der Waals surface area contributed by atoms with Gasteiger partial charge in [-0.25, -0.2) is 19.2 Å². The van der Waals surface area contributed by atoms with Crippen LogP contribution in [0.3, 0.4) is 0 Å². The number of carbonyl (C=O) groups excluding carboxylic acids is 6. The molecule has 0 N–H and O–H groups in total. The van der Waals surface area contributed by atoms with Crippen LogP contribution in [0.25, 0.3) is 0 Å². The quantitative estimate of drug-likeness (QED) is 0.0210. The van der Waals surface area contributed by atoms with E-state index in [1.807, 2.05) is 0 Å². The van der Waals surface area contributed by atoms with Gasteiger partial charge in [0.05, 0.1) is 24.3 Å². The van der Waals surface area contributed by atoms with E-state index in [-0.39, 0.29) is 67.9 Å². The van der Waals surface area contributed by atoms with Crippen molar-refractivity contribution in [3.8, 4) is 23.0 Å². The Bertz CT molecular complexity index is 2010. The van der Waals surface area contributed by atoms with Crippen molar-refractivity contribution in [3.05, 3.63) is 120 Å². The highest BCUT2D eigenvalue weighted by atomic mass is 16.7. The van der Waals surface area contributed by atoms with Crippen molar-refractivity contribution in [1.29, 1.82) is 0 Å². The number of ketones is 1. The lowest BCUT2D eigenvalue weighted by molar-refractivity contribution is -0.154. The summed E-state index contributed by atoms with van der Waals surface area (Å²) in [6.07, 6.45) is 4.21. The molecule has 0 heterocycles. The number of unbranched alkanes of at least 4 members (excludes halogenated alkanes) is 1. The highest BCUT2D eigenvalue weighted by Gasteiger charge is 2.20. The van der Waals surface area contributed by atoms with E-state index < -0.39 is 36.0 Å². The van der Waals surface area contributed by atoms with Gasteiger partial charge in [-0.3, -0.25) is 9.59 Å². The molecule has 0 amide bonds. The largest absolute Gasteiger partial charge is 0.489 e. The molecule has 0 aliphatic carbocycles. The Morgan fingerprint density at radius 2 is 1.12 bits per heavy atom. The molecular weight excluding hydrogens is 764 g/mol. The summed E-state index contributed by atoms with van der Waals surface area (Å²) in [6.45, 7) is 17.3. The maximum absolute atomic E-state index is 13.2. The van der Waals surface area contributed by atoms with Gasteiger partial charge in [0, 0.05) is 31.6 Å². The van der Waals surface area contributed by atoms with Crippen molar-refractivity contribution in [3.63, 3.8) is 0 Å². The van der Waals surface area contributed by atoms with E-state index in [2.05, 4.69) is 19.7 Å². The molecule has 0 fully saturated rings. The van der Waals surface area contributed by atoms with E-state index in [9.17, 15) is 28.8 Å². The number of hydrogen-bond donors (Lipinski definition) is 0. The van der Waals surface area contributed by atoms with Crippen molar-refractivity contribution in [2.45, 2.75) is 65.9 Å². The fourth-order valence-electron chi connectivity index (χ4n) is 5.20. The van der Waals surface area contributed by atoms with Gasteiger partial charge < -0.3 is 37.9 Å². The molecule has 0 aliphatic rings. The van der Waals surface area contributed by atoms with Gasteiger partial charge >= 0.3 is 29.8 Å². The number of aryl methyl sites for hydroxylation is 2. The van der Waals surface area contributed by atoms with E-state index >= 15 is 0 Å². The number of rotatable bonds is 25. The minimum absolute atomic E-state index is 0.0258. The number of hydrogen-bond acceptors (Lipinski definition) is 14. The summed E-state index contributed by atoms with van der Waals surface area (Å²) in [7, 11) is 0. The molecule has 0 aliphatic heterocycles. The van der Waals surface area contributed by atoms with Gasteiger partial charge in [0.2, 0.25) is 6.79 Å². The Morgan fingerprint density at radius 1 is 0.593 bits per heavy atom. The zero-order valence-corrected chi connectivity index (χ0v) is 33.8. The summed E-state index contributed by atoms with van der Waals surface area (Å²) in [5.74, 6) is -1.63. The monoisotopic (exact) mass is 814 g/mol. The van der Waals surface area contributed by atoms with Gasteiger partial charge in [-0.2, -0.15) is 0 Å². The number of esters is 5. The van der Waals surface area contributed by atoms with Crippen LogP contribution in [-0.2, 0) is 38.1 Å². The zero-order chi connectivity index (χ0) is 43.3. The maximum Gasteiger partial charge on any atom is 0.343 e. The molecule has 14 nitrogen and oxygen atoms in total. The molecule has 0 saturated heterocycles. The van der Waals surface area contributed by atoms with E-state index in [4.69, 9.17) is 37.9 Å². The van der Waals surface area contributed by atoms with Crippen LogP contribution in [0.15, 0.2) is 86.5 Å². The zero-order valence-electron chi connectivity index (χ0n) is 33.8. The number of carbonyl (C=O) groups is 6. The summed E-state index contributed by atoms with van der Waals surface area (Å²) in [6, 6.07) is 12.5. The summed E-state index contributed by atoms with van der Waals surface area (Å²) >= 11 is 0. The molecule has 14 heteroatoms. The lowest BCUT2D eigenvalue weighted by Gasteiger charge is -2.20. The van der Waals surface area contributed by atoms with E-state index in [1.165, 1.54) is 18.2 Å². The van der Waals surface area contributed by atoms with Crippen LogP contribution in [0.1, 0.15) is 75.1 Å². The van der Waals surface area contributed by atoms with Crippen molar-refractivity contribution in [1.82, 2.24) is 0 Å². The summed E-state index contributed by atoms with van der Waals surface area (Å²) in [5, 5.41) is 0. The van der Waals surface area contributed by atoms with Crippen molar-refractivity contribution < 1.29 is 66.7 Å². The fourth-order valence-corrected chi connectivity index (χ4v) is 5.20. The standard InChI is InChI=1S/C45H50O14/c1-8-35(46)14-13-15-43(49)57-36(26-52-22-11-12-23-53-41(47)9-2)27-54-37-18-16-33(24-29(37)4)44(50)58-39-20-21-40(32(7)31(39)6)59-45(51)34-17-19-38(30(5)25-34)55-28-56-42(48)10-3/h8-10,16-21,24-25,36H,1-3,11-15,22-23,26-28H2,4-7H3. The van der Waals surface area contributed by atoms with Crippen molar-refractivity contribution in [2.75, 3.05) is 33.2 Å². The first-order valence-electron chi connectivity index (χ1n) is 18.8. The van der Waals surface area contributed by atoms with E-state index in [0.717, 1.165) is 12.2 Å². The lowest BCUT2D eigenvalue weighted by Crippen LogP contribution is -2.30. The first-order chi connectivity index (χ1) is 28.3. The molecule has 0 aromatic heterocycles. The van der Waals surface area contributed by atoms with E-state index in [1.54, 1.807) is 64.1 Å². The third kappa shape index (κ3) is 15.7. The molecule has 1 atom stereocenters. The maximum atomic E-state index is 13.2. The normalized spacial score (nSPS) is 11.0. The van der Waals surface area contributed by atoms with Gasteiger partial charge in [-0.1, -0.05) is 19.7 Å². The summed E-state index contributed by atoms with van der Waals surface area (Å²) in [5.41, 5.74) is 2.93. The fraction of sp³-hybridized carbons (Fsp3) is 0.333. The highest BCUT2D eigenvalue weighted by Crippen LogP contribution is 2.31. The average Bonchev–Trinajstić information content (AvgIpc) is 3.22. The van der Waals surface area contributed by atoms with Crippen LogP contribution in [0.5, 0.6) is 23.0 Å². The molecule has 0 saturated carbocycles. The summed E-state index contributed by atoms with van der Waals surface area (Å²) in [4.78, 5) is 72.8. The van der Waals surface area contributed by atoms with Gasteiger partial charge in [0.25, 0.3) is 0 Å². The second-order valence-corrected chi connectivity index (χ2v) is 13.1. The summed E-state index contributed by atoms with van der Waals surface area (Å²) < 4.78 is 43.9. The SMILES string of the molecule is C=CC(=O)CCCC(=O)OC(COCCCCOC(=O)C=C)COc1ccc(C(=O)Oc2ccc(OC(=O)c3ccc(OCOC(=O)C=C)c(C)c3)c(C)c2C)cc1C.